The summed E-state index contributed by atoms with van der Waals surface area (Å²) in [6.07, 6.45) is 9.36. The van der Waals surface area contributed by atoms with E-state index in [1.807, 2.05) is 12.3 Å². The summed E-state index contributed by atoms with van der Waals surface area (Å²) in [5.74, 6) is 1.71. The molecule has 2 N–H and O–H groups in total. The maximum absolute atomic E-state index is 13.5. The summed E-state index contributed by atoms with van der Waals surface area (Å²) in [5.41, 5.74) is 4.99. The van der Waals surface area contributed by atoms with Crippen LogP contribution >= 0.6 is 0 Å². The van der Waals surface area contributed by atoms with E-state index < -0.39 is 11.9 Å². The minimum absolute atomic E-state index is 0.330. The van der Waals surface area contributed by atoms with Crippen LogP contribution in [0.3, 0.4) is 0 Å². The standard InChI is InChI=1S/C30H33FN8O3/c1-17-25-14-37(24-9-18-7-19(24)8-23(18)34-16-32)5-6-38(25)36-29(17)20-10-26(30-27(41-2)12-35-39(30)13-20)42-28(15-40)22-4-3-21(31)11-33-22/h3-4,10-13,18-19,23-24,28,34,40H,5-9,14-15H2,1-2H3. The van der Waals surface area contributed by atoms with Crippen LogP contribution in [0.4, 0.5) is 4.39 Å². The molecule has 12 heteroatoms. The van der Waals surface area contributed by atoms with E-state index in [1.54, 1.807) is 17.8 Å². The van der Waals surface area contributed by atoms with Crippen LogP contribution in [0, 0.1) is 36.0 Å². The number of halogens is 1. The average Bonchev–Trinajstić information content (AvgIpc) is 3.79. The van der Waals surface area contributed by atoms with Gasteiger partial charge in [-0.2, -0.15) is 15.5 Å². The second-order valence-electron chi connectivity index (χ2n) is 11.6. The second-order valence-corrected chi connectivity index (χ2v) is 11.6. The van der Waals surface area contributed by atoms with Crippen molar-refractivity contribution >= 4 is 5.52 Å². The molecule has 7 rings (SSSR count). The molecule has 2 bridgehead atoms. The zero-order chi connectivity index (χ0) is 29.0. The van der Waals surface area contributed by atoms with Gasteiger partial charge in [0, 0.05) is 36.9 Å². The summed E-state index contributed by atoms with van der Waals surface area (Å²) >= 11 is 0. The molecule has 2 aliphatic carbocycles. The van der Waals surface area contributed by atoms with E-state index in [9.17, 15) is 9.50 Å². The van der Waals surface area contributed by atoms with Gasteiger partial charge in [-0.25, -0.2) is 8.91 Å². The fraction of sp³-hybridized carbons (Fsp3) is 0.467. The van der Waals surface area contributed by atoms with Crippen molar-refractivity contribution in [1.29, 1.82) is 5.26 Å². The van der Waals surface area contributed by atoms with Crippen molar-refractivity contribution in [2.45, 2.75) is 57.5 Å². The molecular formula is C30H33FN8O3. The lowest BCUT2D eigenvalue weighted by Crippen LogP contribution is -2.46. The molecule has 0 saturated heterocycles. The summed E-state index contributed by atoms with van der Waals surface area (Å²) in [6.45, 7) is 4.36. The van der Waals surface area contributed by atoms with Crippen LogP contribution in [-0.4, -0.2) is 66.7 Å². The smallest absolute Gasteiger partial charge is 0.176 e. The highest BCUT2D eigenvalue weighted by atomic mass is 19.1. The lowest BCUT2D eigenvalue weighted by Gasteiger charge is -2.38. The Labute approximate surface area is 242 Å². The summed E-state index contributed by atoms with van der Waals surface area (Å²) in [5, 5.41) is 31.7. The van der Waals surface area contributed by atoms with E-state index in [4.69, 9.17) is 19.8 Å². The molecule has 4 aromatic rings. The first-order valence-electron chi connectivity index (χ1n) is 14.4. The molecule has 0 amide bonds. The van der Waals surface area contributed by atoms with Gasteiger partial charge in [0.25, 0.3) is 0 Å². The number of hydrogen-bond acceptors (Lipinski definition) is 9. The highest BCUT2D eigenvalue weighted by molar-refractivity contribution is 5.75. The van der Waals surface area contributed by atoms with Crippen molar-refractivity contribution in [3.63, 3.8) is 0 Å². The number of methoxy groups -OCH3 is 1. The highest BCUT2D eigenvalue weighted by Crippen LogP contribution is 2.48. The Kier molecular flexibility index (Phi) is 6.71. The number of aliphatic hydroxyl groups is 1. The number of rotatable bonds is 8. The number of fused-ring (bicyclic) bond motifs is 4. The van der Waals surface area contributed by atoms with Crippen LogP contribution in [0.1, 0.15) is 42.3 Å². The molecular weight excluding hydrogens is 539 g/mol. The molecule has 42 heavy (non-hydrogen) atoms. The second kappa shape index (κ2) is 10.6. The van der Waals surface area contributed by atoms with Gasteiger partial charge >= 0.3 is 0 Å². The fourth-order valence-electron chi connectivity index (χ4n) is 7.32. The summed E-state index contributed by atoms with van der Waals surface area (Å²) < 4.78 is 29.2. The Morgan fingerprint density at radius 3 is 2.79 bits per heavy atom. The first-order valence-corrected chi connectivity index (χ1v) is 14.4. The molecule has 5 atom stereocenters. The Bertz CT molecular complexity index is 1660. The molecule has 218 valence electrons. The number of hydrogen-bond donors (Lipinski definition) is 2. The molecule has 1 aliphatic heterocycles. The summed E-state index contributed by atoms with van der Waals surface area (Å²) in [6, 6.07) is 5.56. The van der Waals surface area contributed by atoms with Crippen LogP contribution < -0.4 is 14.8 Å². The van der Waals surface area contributed by atoms with Gasteiger partial charge in [-0.1, -0.05) is 0 Å². The van der Waals surface area contributed by atoms with Gasteiger partial charge in [0.05, 0.1) is 49.7 Å². The Morgan fingerprint density at radius 1 is 1.19 bits per heavy atom. The largest absolute Gasteiger partial charge is 0.493 e. The van der Waals surface area contributed by atoms with Gasteiger partial charge in [-0.05, 0) is 61.8 Å². The molecule has 5 unspecified atom stereocenters. The maximum Gasteiger partial charge on any atom is 0.176 e. The third-order valence-electron chi connectivity index (χ3n) is 9.36. The molecule has 2 saturated carbocycles. The first kappa shape index (κ1) is 26.7. The highest BCUT2D eigenvalue weighted by Gasteiger charge is 2.48. The van der Waals surface area contributed by atoms with Gasteiger partial charge in [-0.3, -0.25) is 14.6 Å². The number of ether oxygens (including phenoxy) is 2. The third kappa shape index (κ3) is 4.44. The number of nitriles is 1. The molecule has 5 heterocycles. The fourth-order valence-corrected chi connectivity index (χ4v) is 7.32. The zero-order valence-corrected chi connectivity index (χ0v) is 23.6. The molecule has 2 fully saturated rings. The van der Waals surface area contributed by atoms with Crippen molar-refractivity contribution in [1.82, 2.24) is 34.6 Å². The van der Waals surface area contributed by atoms with Crippen molar-refractivity contribution < 1.29 is 19.0 Å². The van der Waals surface area contributed by atoms with Crippen LogP contribution in [0.2, 0.25) is 0 Å². The molecule has 3 aliphatic rings. The van der Waals surface area contributed by atoms with Crippen LogP contribution in [0.15, 0.2) is 36.8 Å². The van der Waals surface area contributed by atoms with Crippen molar-refractivity contribution in [2.75, 3.05) is 20.3 Å². The minimum Gasteiger partial charge on any atom is -0.493 e. The number of nitrogens with zero attached hydrogens (tertiary/aromatic N) is 7. The minimum atomic E-state index is -0.821. The molecule has 0 aromatic carbocycles. The Morgan fingerprint density at radius 2 is 2.07 bits per heavy atom. The maximum atomic E-state index is 13.5. The third-order valence-corrected chi connectivity index (χ3v) is 9.36. The lowest BCUT2D eigenvalue weighted by molar-refractivity contribution is 0.102. The SMILES string of the molecule is COc1cnn2cc(-c3nn4c(c3C)CN(C3CC5CC3CC5NC#N)CC4)cc(OC(CO)c3ccc(F)cn3)c12. The van der Waals surface area contributed by atoms with Gasteiger partial charge in [0.15, 0.2) is 29.3 Å². The van der Waals surface area contributed by atoms with E-state index >= 15 is 0 Å². The quantitative estimate of drug-likeness (QED) is 0.242. The normalized spacial score (nSPS) is 24.0. The van der Waals surface area contributed by atoms with E-state index in [2.05, 4.69) is 38.1 Å². The lowest BCUT2D eigenvalue weighted by atomic mass is 9.89. The Hall–Kier alpha value is -4.21. The van der Waals surface area contributed by atoms with E-state index in [0.717, 1.165) is 55.5 Å². The average molecular weight is 573 g/mol. The molecule has 11 nitrogen and oxygen atoms in total. The van der Waals surface area contributed by atoms with Crippen molar-refractivity contribution in [2.24, 2.45) is 11.8 Å². The van der Waals surface area contributed by atoms with Crippen LogP contribution in [0.5, 0.6) is 11.5 Å². The van der Waals surface area contributed by atoms with Crippen molar-refractivity contribution in [3.05, 3.63) is 59.6 Å². The van der Waals surface area contributed by atoms with E-state index in [1.165, 1.54) is 24.2 Å². The number of pyridine rings is 2. The monoisotopic (exact) mass is 572 g/mol. The predicted molar refractivity (Wildman–Crippen MR) is 150 cm³/mol. The van der Waals surface area contributed by atoms with Crippen molar-refractivity contribution in [3.8, 4) is 28.9 Å². The number of aromatic nitrogens is 5. The van der Waals surface area contributed by atoms with Gasteiger partial charge in [0.1, 0.15) is 5.82 Å². The molecule has 4 aromatic heterocycles. The molecule has 0 radical (unpaired) electrons. The zero-order valence-electron chi connectivity index (χ0n) is 23.6. The van der Waals surface area contributed by atoms with Gasteiger partial charge in [0.2, 0.25) is 0 Å². The number of nitrogens with one attached hydrogen (secondary N) is 1. The summed E-state index contributed by atoms with van der Waals surface area (Å²) in [7, 11) is 1.56. The summed E-state index contributed by atoms with van der Waals surface area (Å²) in [4.78, 5) is 6.72. The van der Waals surface area contributed by atoms with Crippen LogP contribution in [0.25, 0.3) is 16.8 Å². The predicted octanol–water partition coefficient (Wildman–Crippen LogP) is 3.21. The van der Waals surface area contributed by atoms with Crippen LogP contribution in [-0.2, 0) is 13.1 Å². The first-order chi connectivity index (χ1) is 20.5. The number of aliphatic hydroxyl groups excluding tert-OH is 1. The van der Waals surface area contributed by atoms with E-state index in [0.29, 0.717) is 46.6 Å². The van der Waals surface area contributed by atoms with Gasteiger partial charge < -0.3 is 19.9 Å². The van der Waals surface area contributed by atoms with E-state index in [-0.39, 0.29) is 6.61 Å². The Balaban J connectivity index is 1.19. The van der Waals surface area contributed by atoms with Gasteiger partial charge in [-0.15, -0.1) is 0 Å². The molecule has 0 spiro atoms. The topological polar surface area (TPSA) is 126 Å².